The molecule has 0 aliphatic rings. The number of amidine groups is 1. The summed E-state index contributed by atoms with van der Waals surface area (Å²) >= 11 is 0. The number of rotatable bonds is 7. The zero-order valence-electron chi connectivity index (χ0n) is 10.0. The highest BCUT2D eigenvalue weighted by atomic mass is 15.2. The smallest absolute Gasteiger partial charge is 0.108 e. The number of hydrogen-bond donors (Lipinski definition) is 2. The topological polar surface area (TPSA) is 53.1 Å². The molecule has 3 heteroatoms. The molecule has 1 unspecified atom stereocenters. The van der Waals surface area contributed by atoms with E-state index in [2.05, 4.69) is 25.7 Å². The van der Waals surface area contributed by atoms with E-state index in [4.69, 9.17) is 11.1 Å². The zero-order valence-corrected chi connectivity index (χ0v) is 10.0. The van der Waals surface area contributed by atoms with Crippen LogP contribution in [0.25, 0.3) is 0 Å². The molecule has 0 aliphatic carbocycles. The van der Waals surface area contributed by atoms with Gasteiger partial charge in [0.05, 0.1) is 6.04 Å². The number of hydrogen-bond acceptors (Lipinski definition) is 2. The third kappa shape index (κ3) is 4.61. The van der Waals surface area contributed by atoms with Crippen molar-refractivity contribution in [1.82, 2.24) is 4.90 Å². The van der Waals surface area contributed by atoms with E-state index in [0.717, 1.165) is 6.54 Å². The molecule has 0 bridgehead atoms. The Labute approximate surface area is 88.2 Å². The van der Waals surface area contributed by atoms with Crippen LogP contribution >= 0.6 is 0 Å². The summed E-state index contributed by atoms with van der Waals surface area (Å²) in [6.07, 6.45) is 3.69. The predicted octanol–water partition coefficient (Wildman–Crippen LogP) is 2.21. The number of nitrogens with one attached hydrogen (secondary N) is 1. The number of nitrogens with zero attached hydrogens (tertiary/aromatic N) is 1. The molecule has 0 aliphatic heterocycles. The molecule has 1 atom stereocenters. The third-order valence-corrected chi connectivity index (χ3v) is 2.63. The first kappa shape index (κ1) is 13.4. The Balaban J connectivity index is 4.08. The predicted molar refractivity (Wildman–Crippen MR) is 62.7 cm³/mol. The van der Waals surface area contributed by atoms with Crippen LogP contribution in [0, 0.1) is 5.41 Å². The van der Waals surface area contributed by atoms with E-state index >= 15 is 0 Å². The van der Waals surface area contributed by atoms with Crippen LogP contribution in [-0.4, -0.2) is 29.4 Å². The van der Waals surface area contributed by atoms with Crippen LogP contribution in [0.1, 0.15) is 47.0 Å². The summed E-state index contributed by atoms with van der Waals surface area (Å²) in [4.78, 5) is 2.29. The van der Waals surface area contributed by atoms with Gasteiger partial charge in [-0.2, -0.15) is 0 Å². The zero-order chi connectivity index (χ0) is 11.1. The van der Waals surface area contributed by atoms with Gasteiger partial charge < -0.3 is 5.73 Å². The van der Waals surface area contributed by atoms with Crippen LogP contribution in [0.2, 0.25) is 0 Å². The van der Waals surface area contributed by atoms with Crippen molar-refractivity contribution in [1.29, 1.82) is 5.41 Å². The van der Waals surface area contributed by atoms with Gasteiger partial charge in [-0.1, -0.05) is 19.8 Å². The molecule has 3 nitrogen and oxygen atoms in total. The maximum absolute atomic E-state index is 7.44. The van der Waals surface area contributed by atoms with E-state index in [-0.39, 0.29) is 11.9 Å². The molecule has 0 aromatic carbocycles. The quantitative estimate of drug-likeness (QED) is 0.375. The number of unbranched alkanes of at least 4 members (excludes halogenated alkanes) is 2. The van der Waals surface area contributed by atoms with Crippen molar-refractivity contribution < 1.29 is 0 Å². The molecule has 0 aromatic heterocycles. The Morgan fingerprint density at radius 2 is 1.86 bits per heavy atom. The van der Waals surface area contributed by atoms with Crippen LogP contribution in [0.15, 0.2) is 0 Å². The minimum atomic E-state index is 0.0758. The van der Waals surface area contributed by atoms with Crippen molar-refractivity contribution in [3.63, 3.8) is 0 Å². The molecule has 3 N–H and O–H groups in total. The summed E-state index contributed by atoms with van der Waals surface area (Å²) in [6, 6.07) is 0.539. The summed E-state index contributed by atoms with van der Waals surface area (Å²) in [7, 11) is 0. The van der Waals surface area contributed by atoms with Crippen LogP contribution in [-0.2, 0) is 0 Å². The Morgan fingerprint density at radius 1 is 1.29 bits per heavy atom. The lowest BCUT2D eigenvalue weighted by Gasteiger charge is -2.31. The van der Waals surface area contributed by atoms with E-state index < -0.39 is 0 Å². The second kappa shape index (κ2) is 6.82. The van der Waals surface area contributed by atoms with E-state index in [1.807, 2.05) is 6.92 Å². The Bertz CT molecular complexity index is 166. The van der Waals surface area contributed by atoms with Crippen molar-refractivity contribution in [3.05, 3.63) is 0 Å². The van der Waals surface area contributed by atoms with Crippen LogP contribution in [0.5, 0.6) is 0 Å². The summed E-state index contributed by atoms with van der Waals surface area (Å²) in [5.41, 5.74) is 5.52. The fourth-order valence-electron chi connectivity index (χ4n) is 1.62. The summed E-state index contributed by atoms with van der Waals surface area (Å²) in [6.45, 7) is 9.57. The van der Waals surface area contributed by atoms with Gasteiger partial charge in [-0.15, -0.1) is 0 Å². The van der Waals surface area contributed by atoms with Crippen molar-refractivity contribution in [2.24, 2.45) is 5.73 Å². The molecule has 0 amide bonds. The summed E-state index contributed by atoms with van der Waals surface area (Å²) in [5.74, 6) is 0.273. The largest absolute Gasteiger partial charge is 0.386 e. The van der Waals surface area contributed by atoms with Gasteiger partial charge in [-0.3, -0.25) is 10.3 Å². The SMILES string of the molecule is CCCCCN(C(C)C)C(C)C(=N)N. The maximum atomic E-state index is 7.44. The van der Waals surface area contributed by atoms with Gasteiger partial charge in [0.25, 0.3) is 0 Å². The lowest BCUT2D eigenvalue weighted by molar-refractivity contribution is 0.197. The van der Waals surface area contributed by atoms with Gasteiger partial charge in [0.2, 0.25) is 0 Å². The highest BCUT2D eigenvalue weighted by Gasteiger charge is 2.18. The molecule has 0 rings (SSSR count). The second-order valence-corrected chi connectivity index (χ2v) is 4.17. The molecule has 84 valence electrons. The van der Waals surface area contributed by atoms with Crippen LogP contribution < -0.4 is 5.73 Å². The average Bonchev–Trinajstić information content (AvgIpc) is 2.10. The van der Waals surface area contributed by atoms with Gasteiger partial charge in [-0.25, -0.2) is 0 Å². The van der Waals surface area contributed by atoms with Gasteiger partial charge in [0.15, 0.2) is 0 Å². The van der Waals surface area contributed by atoms with Gasteiger partial charge in [0, 0.05) is 6.04 Å². The van der Waals surface area contributed by atoms with Crippen molar-refractivity contribution in [2.45, 2.75) is 59.0 Å². The maximum Gasteiger partial charge on any atom is 0.108 e. The normalized spacial score (nSPS) is 13.6. The van der Waals surface area contributed by atoms with E-state index in [0.29, 0.717) is 6.04 Å². The molecule has 0 spiro atoms. The minimum Gasteiger partial charge on any atom is -0.386 e. The molecule has 0 heterocycles. The fraction of sp³-hybridized carbons (Fsp3) is 0.909. The monoisotopic (exact) mass is 199 g/mol. The fourth-order valence-corrected chi connectivity index (χ4v) is 1.62. The van der Waals surface area contributed by atoms with Crippen LogP contribution in [0.4, 0.5) is 0 Å². The lowest BCUT2D eigenvalue weighted by atomic mass is 10.1. The minimum absolute atomic E-state index is 0.0758. The molecular formula is C11H25N3. The van der Waals surface area contributed by atoms with Gasteiger partial charge >= 0.3 is 0 Å². The highest BCUT2D eigenvalue weighted by molar-refractivity contribution is 5.82. The first-order valence-corrected chi connectivity index (χ1v) is 5.60. The molecule has 0 radical (unpaired) electrons. The second-order valence-electron chi connectivity index (χ2n) is 4.17. The molecular weight excluding hydrogens is 174 g/mol. The van der Waals surface area contributed by atoms with Crippen LogP contribution in [0.3, 0.4) is 0 Å². The van der Waals surface area contributed by atoms with Crippen molar-refractivity contribution in [3.8, 4) is 0 Å². The average molecular weight is 199 g/mol. The highest BCUT2D eigenvalue weighted by Crippen LogP contribution is 2.08. The van der Waals surface area contributed by atoms with Gasteiger partial charge in [0.1, 0.15) is 5.84 Å². The van der Waals surface area contributed by atoms with E-state index in [1.54, 1.807) is 0 Å². The Kier molecular flexibility index (Phi) is 6.54. The Hall–Kier alpha value is -0.570. The standard InChI is InChI=1S/C11H25N3/c1-5-6-7-8-14(9(2)3)10(4)11(12)13/h9-10H,5-8H2,1-4H3,(H3,12,13). The molecule has 14 heavy (non-hydrogen) atoms. The summed E-state index contributed by atoms with van der Waals surface area (Å²) in [5, 5.41) is 7.44. The third-order valence-electron chi connectivity index (χ3n) is 2.63. The van der Waals surface area contributed by atoms with E-state index in [1.165, 1.54) is 19.3 Å². The van der Waals surface area contributed by atoms with Crippen molar-refractivity contribution in [2.75, 3.05) is 6.54 Å². The summed E-state index contributed by atoms with van der Waals surface area (Å²) < 4.78 is 0. The molecule has 0 fully saturated rings. The number of nitrogens with two attached hydrogens (primary N) is 1. The van der Waals surface area contributed by atoms with E-state index in [9.17, 15) is 0 Å². The molecule has 0 saturated carbocycles. The van der Waals surface area contributed by atoms with Gasteiger partial charge in [-0.05, 0) is 33.7 Å². The first-order valence-electron chi connectivity index (χ1n) is 5.60. The molecule has 0 aromatic rings. The van der Waals surface area contributed by atoms with Crippen molar-refractivity contribution >= 4 is 5.84 Å². The lowest BCUT2D eigenvalue weighted by Crippen LogP contribution is -2.46. The molecule has 0 saturated heterocycles. The first-order chi connectivity index (χ1) is 6.50. The Morgan fingerprint density at radius 3 is 2.21 bits per heavy atom.